The van der Waals surface area contributed by atoms with Crippen LogP contribution in [0.4, 0.5) is 0 Å². The molecule has 0 radical (unpaired) electrons. The molecule has 1 saturated heterocycles. The van der Waals surface area contributed by atoms with E-state index in [2.05, 4.69) is 5.32 Å². The van der Waals surface area contributed by atoms with Crippen LogP contribution in [0.2, 0.25) is 0 Å². The van der Waals surface area contributed by atoms with Crippen LogP contribution >= 0.6 is 0 Å². The molecule has 2 rings (SSSR count). The first-order valence-electron chi connectivity index (χ1n) is 5.94. The summed E-state index contributed by atoms with van der Waals surface area (Å²) in [7, 11) is -3.15. The molecule has 3 nitrogen and oxygen atoms in total. The SMILES string of the molecule is Cc1cc(C2CCCN2)c(S(C)(=O)=O)cc1C. The molecule has 1 fully saturated rings. The van der Waals surface area contributed by atoms with Crippen molar-refractivity contribution in [3.8, 4) is 0 Å². The predicted molar refractivity (Wildman–Crippen MR) is 69.0 cm³/mol. The molecular formula is C13H19NO2S. The highest BCUT2D eigenvalue weighted by atomic mass is 32.2. The van der Waals surface area contributed by atoms with Crippen molar-refractivity contribution in [2.24, 2.45) is 0 Å². The van der Waals surface area contributed by atoms with Crippen LogP contribution in [0.5, 0.6) is 0 Å². The van der Waals surface area contributed by atoms with Crippen LogP contribution < -0.4 is 5.32 Å². The smallest absolute Gasteiger partial charge is 0.175 e. The van der Waals surface area contributed by atoms with E-state index in [1.54, 1.807) is 6.07 Å². The Hall–Kier alpha value is -0.870. The van der Waals surface area contributed by atoms with Gasteiger partial charge in [0.15, 0.2) is 9.84 Å². The minimum atomic E-state index is -3.15. The number of hydrogen-bond donors (Lipinski definition) is 1. The maximum atomic E-state index is 11.8. The van der Waals surface area contributed by atoms with Gasteiger partial charge in [-0.1, -0.05) is 6.07 Å². The summed E-state index contributed by atoms with van der Waals surface area (Å²) < 4.78 is 23.7. The van der Waals surface area contributed by atoms with Gasteiger partial charge in [0.2, 0.25) is 0 Å². The summed E-state index contributed by atoms with van der Waals surface area (Å²) >= 11 is 0. The first-order valence-corrected chi connectivity index (χ1v) is 7.83. The Morgan fingerprint density at radius 2 is 1.88 bits per heavy atom. The summed E-state index contributed by atoms with van der Waals surface area (Å²) in [5, 5.41) is 3.37. The van der Waals surface area contributed by atoms with Crippen molar-refractivity contribution in [2.75, 3.05) is 12.8 Å². The van der Waals surface area contributed by atoms with Crippen molar-refractivity contribution < 1.29 is 8.42 Å². The van der Waals surface area contributed by atoms with Gasteiger partial charge in [0.25, 0.3) is 0 Å². The molecule has 1 aromatic rings. The molecular weight excluding hydrogens is 234 g/mol. The Morgan fingerprint density at radius 1 is 1.24 bits per heavy atom. The highest BCUT2D eigenvalue weighted by molar-refractivity contribution is 7.90. The van der Waals surface area contributed by atoms with Crippen molar-refractivity contribution >= 4 is 9.84 Å². The molecule has 94 valence electrons. The standard InChI is InChI=1S/C13H19NO2S/c1-9-7-11(12-5-4-6-14-12)13(8-10(9)2)17(3,15)16/h7-8,12,14H,4-6H2,1-3H3. The van der Waals surface area contributed by atoms with E-state index in [4.69, 9.17) is 0 Å². The lowest BCUT2D eigenvalue weighted by Gasteiger charge is -2.17. The number of aryl methyl sites for hydroxylation is 2. The van der Waals surface area contributed by atoms with Gasteiger partial charge in [-0.2, -0.15) is 0 Å². The zero-order valence-corrected chi connectivity index (χ0v) is 11.4. The van der Waals surface area contributed by atoms with Gasteiger partial charge in [-0.15, -0.1) is 0 Å². The van der Waals surface area contributed by atoms with E-state index in [1.165, 1.54) is 6.26 Å². The van der Waals surface area contributed by atoms with E-state index in [0.717, 1.165) is 36.1 Å². The highest BCUT2D eigenvalue weighted by Crippen LogP contribution is 2.30. The lowest BCUT2D eigenvalue weighted by Crippen LogP contribution is -2.16. The van der Waals surface area contributed by atoms with E-state index in [9.17, 15) is 8.42 Å². The summed E-state index contributed by atoms with van der Waals surface area (Å²) in [6.07, 6.45) is 3.42. The third-order valence-electron chi connectivity index (χ3n) is 3.46. The van der Waals surface area contributed by atoms with Crippen molar-refractivity contribution in [1.82, 2.24) is 5.32 Å². The highest BCUT2D eigenvalue weighted by Gasteiger charge is 2.23. The number of sulfone groups is 1. The first-order chi connectivity index (χ1) is 7.89. The molecule has 4 heteroatoms. The molecule has 0 aliphatic carbocycles. The van der Waals surface area contributed by atoms with E-state index in [1.807, 2.05) is 19.9 Å². The second-order valence-corrected chi connectivity index (χ2v) is 6.88. The van der Waals surface area contributed by atoms with E-state index >= 15 is 0 Å². The number of hydrogen-bond acceptors (Lipinski definition) is 3. The third-order valence-corrected chi connectivity index (χ3v) is 4.61. The van der Waals surface area contributed by atoms with E-state index in [-0.39, 0.29) is 6.04 Å². The van der Waals surface area contributed by atoms with E-state index < -0.39 is 9.84 Å². The molecule has 0 aromatic heterocycles. The first kappa shape index (κ1) is 12.6. The largest absolute Gasteiger partial charge is 0.310 e. The number of benzene rings is 1. The summed E-state index contributed by atoms with van der Waals surface area (Å²) in [4.78, 5) is 0.486. The van der Waals surface area contributed by atoms with Gasteiger partial charge >= 0.3 is 0 Å². The van der Waals surface area contributed by atoms with Gasteiger partial charge in [-0.25, -0.2) is 8.42 Å². The predicted octanol–water partition coefficient (Wildman–Crippen LogP) is 2.13. The lowest BCUT2D eigenvalue weighted by atomic mass is 10.00. The molecule has 1 N–H and O–H groups in total. The van der Waals surface area contributed by atoms with Gasteiger partial charge in [-0.3, -0.25) is 0 Å². The van der Waals surface area contributed by atoms with Crippen LogP contribution in [0.15, 0.2) is 17.0 Å². The summed E-state index contributed by atoms with van der Waals surface area (Å²) in [5.41, 5.74) is 3.13. The molecule has 17 heavy (non-hydrogen) atoms. The summed E-state index contributed by atoms with van der Waals surface area (Å²) in [5.74, 6) is 0. The Kier molecular flexibility index (Phi) is 3.27. The normalized spacial score (nSPS) is 20.8. The second kappa shape index (κ2) is 4.42. The van der Waals surface area contributed by atoms with Gasteiger partial charge in [0, 0.05) is 12.3 Å². The van der Waals surface area contributed by atoms with Crippen LogP contribution in [0.25, 0.3) is 0 Å². The molecule has 1 aromatic carbocycles. The topological polar surface area (TPSA) is 46.2 Å². The Bertz CT molecular complexity index is 529. The van der Waals surface area contributed by atoms with Crippen molar-refractivity contribution in [1.29, 1.82) is 0 Å². The molecule has 0 saturated carbocycles. The van der Waals surface area contributed by atoms with E-state index in [0.29, 0.717) is 4.90 Å². The lowest BCUT2D eigenvalue weighted by molar-refractivity contribution is 0.591. The summed E-state index contributed by atoms with van der Waals surface area (Å²) in [6, 6.07) is 4.02. The van der Waals surface area contributed by atoms with Crippen LogP contribution in [0, 0.1) is 13.8 Å². The third kappa shape index (κ3) is 2.53. The fraction of sp³-hybridized carbons (Fsp3) is 0.538. The maximum Gasteiger partial charge on any atom is 0.175 e. The zero-order valence-electron chi connectivity index (χ0n) is 10.6. The quantitative estimate of drug-likeness (QED) is 0.878. The van der Waals surface area contributed by atoms with Crippen LogP contribution in [0.1, 0.15) is 35.6 Å². The van der Waals surface area contributed by atoms with Crippen molar-refractivity contribution in [2.45, 2.75) is 37.6 Å². The van der Waals surface area contributed by atoms with Crippen LogP contribution in [-0.2, 0) is 9.84 Å². The molecule has 1 unspecified atom stereocenters. The zero-order chi connectivity index (χ0) is 12.6. The fourth-order valence-electron chi connectivity index (χ4n) is 2.36. The van der Waals surface area contributed by atoms with Gasteiger partial charge in [-0.05, 0) is 56.0 Å². The molecule has 1 aliphatic heterocycles. The fourth-order valence-corrected chi connectivity index (χ4v) is 3.38. The number of rotatable bonds is 2. The number of nitrogens with one attached hydrogen (secondary N) is 1. The molecule has 0 amide bonds. The van der Waals surface area contributed by atoms with Gasteiger partial charge < -0.3 is 5.32 Å². The van der Waals surface area contributed by atoms with Crippen molar-refractivity contribution in [3.63, 3.8) is 0 Å². The van der Waals surface area contributed by atoms with Gasteiger partial charge in [0.05, 0.1) is 4.90 Å². The Morgan fingerprint density at radius 3 is 2.41 bits per heavy atom. The monoisotopic (exact) mass is 253 g/mol. The molecule has 0 spiro atoms. The van der Waals surface area contributed by atoms with Crippen LogP contribution in [0.3, 0.4) is 0 Å². The Labute approximate surface area is 103 Å². The van der Waals surface area contributed by atoms with Crippen LogP contribution in [-0.4, -0.2) is 21.2 Å². The minimum absolute atomic E-state index is 0.194. The second-order valence-electron chi connectivity index (χ2n) is 4.90. The average molecular weight is 253 g/mol. The minimum Gasteiger partial charge on any atom is -0.310 e. The maximum absolute atomic E-state index is 11.8. The molecule has 0 bridgehead atoms. The molecule has 1 heterocycles. The average Bonchev–Trinajstić information content (AvgIpc) is 2.73. The van der Waals surface area contributed by atoms with Gasteiger partial charge in [0.1, 0.15) is 0 Å². The Balaban J connectivity index is 2.59. The summed E-state index contributed by atoms with van der Waals surface area (Å²) in [6.45, 7) is 4.95. The van der Waals surface area contributed by atoms with Crippen molar-refractivity contribution in [3.05, 3.63) is 28.8 Å². The molecule has 1 atom stereocenters. The molecule has 1 aliphatic rings.